The summed E-state index contributed by atoms with van der Waals surface area (Å²) in [6, 6.07) is 9.43. The number of rotatable bonds is 5. The highest BCUT2D eigenvalue weighted by molar-refractivity contribution is 6.09. The Morgan fingerprint density at radius 2 is 1.97 bits per heavy atom. The van der Waals surface area contributed by atoms with Gasteiger partial charge in [-0.2, -0.15) is 5.10 Å². The minimum Gasteiger partial charge on any atom is -0.339 e. The Morgan fingerprint density at radius 1 is 1.18 bits per heavy atom. The van der Waals surface area contributed by atoms with Crippen molar-refractivity contribution in [1.82, 2.24) is 30.4 Å². The number of imidazole rings is 1. The predicted molar refractivity (Wildman–Crippen MR) is 128 cm³/mol. The summed E-state index contributed by atoms with van der Waals surface area (Å²) in [5, 5.41) is 11.2. The summed E-state index contributed by atoms with van der Waals surface area (Å²) in [6.07, 6.45) is 0. The number of amides is 2. The second kappa shape index (κ2) is 7.41. The topological polar surface area (TPSA) is 110 Å². The third-order valence-electron chi connectivity index (χ3n) is 6.26. The van der Waals surface area contributed by atoms with E-state index in [9.17, 15) is 9.59 Å². The Bertz CT molecular complexity index is 1410. The third-order valence-corrected chi connectivity index (χ3v) is 6.26. The monoisotopic (exact) mass is 445 g/mol. The van der Waals surface area contributed by atoms with Crippen LogP contribution < -0.4 is 10.2 Å². The number of anilines is 1. The first kappa shape index (κ1) is 21.1. The minimum absolute atomic E-state index is 0.103. The number of nitrogens with one attached hydrogen (secondary N) is 3. The molecule has 9 heteroatoms. The molecular weight excluding hydrogens is 418 g/mol. The molecule has 33 heavy (non-hydrogen) atoms. The first-order valence-corrected chi connectivity index (χ1v) is 11.0. The molecule has 1 aliphatic heterocycles. The molecule has 0 saturated carbocycles. The smallest absolute Gasteiger partial charge is 0.252 e. The molecule has 0 atom stereocenters. The lowest BCUT2D eigenvalue weighted by Gasteiger charge is -2.18. The normalized spacial score (nSPS) is 15.1. The van der Waals surface area contributed by atoms with E-state index in [-0.39, 0.29) is 11.8 Å². The number of fused-ring (bicyclic) bond motifs is 3. The molecule has 5 rings (SSSR count). The maximum atomic E-state index is 12.8. The lowest BCUT2D eigenvalue weighted by atomic mass is 9.86. The van der Waals surface area contributed by atoms with Crippen molar-refractivity contribution in [3.8, 4) is 11.5 Å². The van der Waals surface area contributed by atoms with Gasteiger partial charge in [0.15, 0.2) is 5.82 Å². The van der Waals surface area contributed by atoms with Gasteiger partial charge in [-0.15, -0.1) is 0 Å². The van der Waals surface area contributed by atoms with Crippen molar-refractivity contribution in [2.75, 3.05) is 32.2 Å². The summed E-state index contributed by atoms with van der Waals surface area (Å²) in [6.45, 7) is 6.96. The molecule has 2 aromatic carbocycles. The van der Waals surface area contributed by atoms with Crippen LogP contribution in [0.5, 0.6) is 0 Å². The average molecular weight is 446 g/mol. The number of nitrogens with zero attached hydrogens (tertiary/aromatic N) is 4. The van der Waals surface area contributed by atoms with E-state index in [1.807, 2.05) is 68.9 Å². The lowest BCUT2D eigenvalue weighted by Crippen LogP contribution is -2.35. The number of aromatic nitrogens is 4. The van der Waals surface area contributed by atoms with E-state index >= 15 is 0 Å². The molecule has 1 aliphatic rings. The Labute approximate surface area is 191 Å². The van der Waals surface area contributed by atoms with Crippen molar-refractivity contribution in [3.05, 3.63) is 41.5 Å². The average Bonchev–Trinajstić information content (AvgIpc) is 3.43. The maximum Gasteiger partial charge on any atom is 0.252 e. The van der Waals surface area contributed by atoms with Gasteiger partial charge in [0.05, 0.1) is 34.3 Å². The van der Waals surface area contributed by atoms with Gasteiger partial charge in [0.1, 0.15) is 5.69 Å². The van der Waals surface area contributed by atoms with Crippen LogP contribution in [0.25, 0.3) is 33.5 Å². The fraction of sp³-hybridized carbons (Fsp3) is 0.333. The molecule has 0 saturated heterocycles. The molecule has 2 amide bonds. The number of benzene rings is 2. The van der Waals surface area contributed by atoms with Crippen molar-refractivity contribution < 1.29 is 9.59 Å². The van der Waals surface area contributed by atoms with Gasteiger partial charge in [-0.3, -0.25) is 19.6 Å². The molecule has 0 fully saturated rings. The van der Waals surface area contributed by atoms with Crippen LogP contribution in [-0.4, -0.2) is 64.2 Å². The number of hydrogen-bond acceptors (Lipinski definition) is 5. The van der Waals surface area contributed by atoms with Crippen LogP contribution in [-0.2, 0) is 10.2 Å². The fourth-order valence-electron chi connectivity index (χ4n) is 4.43. The van der Waals surface area contributed by atoms with E-state index in [0.717, 1.165) is 33.2 Å². The van der Waals surface area contributed by atoms with E-state index in [1.54, 1.807) is 6.07 Å². The van der Waals surface area contributed by atoms with Gasteiger partial charge in [-0.05, 0) is 70.8 Å². The number of carbonyl (C=O) groups excluding carboxylic acids is 2. The van der Waals surface area contributed by atoms with Crippen LogP contribution in [0.2, 0.25) is 0 Å². The van der Waals surface area contributed by atoms with Crippen molar-refractivity contribution >= 4 is 39.4 Å². The number of likely N-dealkylation sites (N-methyl/N-ethyl adjacent to an activating group) is 1. The Kier molecular flexibility index (Phi) is 4.75. The molecule has 3 N–H and O–H groups in total. The molecule has 4 aromatic rings. The number of aromatic amines is 2. The summed E-state index contributed by atoms with van der Waals surface area (Å²) < 4.78 is 0. The van der Waals surface area contributed by atoms with Crippen LogP contribution in [0.4, 0.5) is 5.69 Å². The molecule has 0 spiro atoms. The van der Waals surface area contributed by atoms with Crippen LogP contribution in [0.3, 0.4) is 0 Å². The highest BCUT2D eigenvalue weighted by atomic mass is 16.2. The van der Waals surface area contributed by atoms with Crippen LogP contribution in [0.15, 0.2) is 30.3 Å². The van der Waals surface area contributed by atoms with E-state index in [0.29, 0.717) is 30.3 Å². The SMILES string of the molecule is CCN1C(=O)C(C)(C)c2cc3[nH]c(-c4n[nH]c5ccc(C(=O)NCN(C)C)cc45)nc3cc21. The maximum absolute atomic E-state index is 12.8. The predicted octanol–water partition coefficient (Wildman–Crippen LogP) is 3.00. The molecule has 0 radical (unpaired) electrons. The van der Waals surface area contributed by atoms with Crippen LogP contribution >= 0.6 is 0 Å². The molecule has 0 unspecified atom stereocenters. The second-order valence-electron chi connectivity index (χ2n) is 9.22. The van der Waals surface area contributed by atoms with Crippen LogP contribution in [0.1, 0.15) is 36.7 Å². The van der Waals surface area contributed by atoms with Gasteiger partial charge in [-0.25, -0.2) is 4.98 Å². The van der Waals surface area contributed by atoms with E-state index in [4.69, 9.17) is 4.98 Å². The second-order valence-corrected chi connectivity index (χ2v) is 9.22. The number of hydrogen-bond donors (Lipinski definition) is 3. The zero-order valence-electron chi connectivity index (χ0n) is 19.4. The Morgan fingerprint density at radius 3 is 2.70 bits per heavy atom. The molecular formula is C24H27N7O2. The minimum atomic E-state index is -0.585. The van der Waals surface area contributed by atoms with E-state index in [1.165, 1.54) is 0 Å². The fourth-order valence-corrected chi connectivity index (χ4v) is 4.43. The van der Waals surface area contributed by atoms with Gasteiger partial charge in [0, 0.05) is 17.5 Å². The van der Waals surface area contributed by atoms with Crippen molar-refractivity contribution in [1.29, 1.82) is 0 Å². The standard InChI is InChI=1S/C24H27N7O2/c1-6-31-19-11-18-17(10-15(19)24(2,3)23(31)33)26-21(27-18)20-14-9-13(7-8-16(14)28-29-20)22(32)25-12-30(4)5/h7-11H,6,12H2,1-5H3,(H,25,32)(H,26,27)(H,28,29). The quantitative estimate of drug-likeness (QED) is 0.409. The number of carbonyl (C=O) groups is 2. The summed E-state index contributed by atoms with van der Waals surface area (Å²) >= 11 is 0. The lowest BCUT2D eigenvalue weighted by molar-refractivity contribution is -0.122. The van der Waals surface area contributed by atoms with Gasteiger partial charge in [-0.1, -0.05) is 0 Å². The Hall–Kier alpha value is -3.72. The highest BCUT2D eigenvalue weighted by Crippen LogP contribution is 2.43. The molecule has 0 aliphatic carbocycles. The van der Waals surface area contributed by atoms with Crippen molar-refractivity contribution in [3.63, 3.8) is 0 Å². The summed E-state index contributed by atoms with van der Waals surface area (Å²) in [5.74, 6) is 0.564. The van der Waals surface area contributed by atoms with Crippen molar-refractivity contribution in [2.24, 2.45) is 0 Å². The molecule has 0 bridgehead atoms. The first-order chi connectivity index (χ1) is 15.7. The van der Waals surface area contributed by atoms with Gasteiger partial charge < -0.3 is 15.2 Å². The van der Waals surface area contributed by atoms with Gasteiger partial charge >= 0.3 is 0 Å². The summed E-state index contributed by atoms with van der Waals surface area (Å²) in [4.78, 5) is 37.2. The zero-order valence-corrected chi connectivity index (χ0v) is 19.4. The molecule has 9 nitrogen and oxygen atoms in total. The van der Waals surface area contributed by atoms with Crippen molar-refractivity contribution in [2.45, 2.75) is 26.2 Å². The van der Waals surface area contributed by atoms with E-state index in [2.05, 4.69) is 20.5 Å². The zero-order chi connectivity index (χ0) is 23.5. The summed E-state index contributed by atoms with van der Waals surface area (Å²) in [5.41, 5.74) is 4.95. The third kappa shape index (κ3) is 3.27. The number of H-pyrrole nitrogens is 2. The van der Waals surface area contributed by atoms with Crippen LogP contribution in [0, 0.1) is 0 Å². The highest BCUT2D eigenvalue weighted by Gasteiger charge is 2.43. The molecule has 170 valence electrons. The van der Waals surface area contributed by atoms with E-state index < -0.39 is 5.41 Å². The largest absolute Gasteiger partial charge is 0.339 e. The van der Waals surface area contributed by atoms with Gasteiger partial charge in [0.25, 0.3) is 5.91 Å². The molecule has 2 aromatic heterocycles. The Balaban J connectivity index is 1.57. The molecule has 3 heterocycles. The van der Waals surface area contributed by atoms with Gasteiger partial charge in [0.2, 0.25) is 5.91 Å². The first-order valence-electron chi connectivity index (χ1n) is 11.0. The summed E-state index contributed by atoms with van der Waals surface area (Å²) in [7, 11) is 3.79.